The molecule has 1 heterocycles. The molecule has 0 atom stereocenters. The van der Waals surface area contributed by atoms with E-state index in [4.69, 9.17) is 9.47 Å². The highest BCUT2D eigenvalue weighted by Gasteiger charge is 2.23. The van der Waals surface area contributed by atoms with Crippen molar-refractivity contribution >= 4 is 11.8 Å². The number of nitrogens with one attached hydrogen (secondary N) is 1. The molecule has 0 radical (unpaired) electrons. The fraction of sp³-hybridized carbons (Fsp3) is 0.417. The van der Waals surface area contributed by atoms with Gasteiger partial charge < -0.3 is 19.7 Å². The molecule has 1 fully saturated rings. The number of hydrogen-bond donors (Lipinski definition) is 1. The van der Waals surface area contributed by atoms with Crippen LogP contribution in [0, 0.1) is 5.92 Å². The topological polar surface area (TPSA) is 67.9 Å². The summed E-state index contributed by atoms with van der Waals surface area (Å²) in [5.41, 5.74) is 0.622. The lowest BCUT2D eigenvalue weighted by Crippen LogP contribution is -2.43. The fourth-order valence-corrected chi connectivity index (χ4v) is 3.44. The van der Waals surface area contributed by atoms with Gasteiger partial charge in [-0.15, -0.1) is 0 Å². The van der Waals surface area contributed by atoms with E-state index < -0.39 is 0 Å². The van der Waals surface area contributed by atoms with Gasteiger partial charge in [0.25, 0.3) is 11.8 Å². The zero-order valence-electron chi connectivity index (χ0n) is 17.7. The summed E-state index contributed by atoms with van der Waals surface area (Å²) in [6.45, 7) is 6.00. The summed E-state index contributed by atoms with van der Waals surface area (Å²) in [6.07, 6.45) is 1.85. The van der Waals surface area contributed by atoms with Crippen LogP contribution in [-0.2, 0) is 4.79 Å². The van der Waals surface area contributed by atoms with Gasteiger partial charge in [-0.25, -0.2) is 0 Å². The Bertz CT molecular complexity index is 813. The molecule has 6 heteroatoms. The summed E-state index contributed by atoms with van der Waals surface area (Å²) in [5, 5.41) is 3.01. The summed E-state index contributed by atoms with van der Waals surface area (Å²) in [6, 6.07) is 16.5. The van der Waals surface area contributed by atoms with Crippen LogP contribution in [0.3, 0.4) is 0 Å². The van der Waals surface area contributed by atoms with Crippen molar-refractivity contribution in [1.82, 2.24) is 10.2 Å². The van der Waals surface area contributed by atoms with Crippen LogP contribution in [0.25, 0.3) is 0 Å². The standard InChI is InChI=1S/C24H30N2O4/c1-18(2)30-22-10-8-20(9-11-22)24(28)25-16-19-12-14-26(15-13-19)23(27)17-29-21-6-4-3-5-7-21/h3-11,18-19H,12-17H2,1-2H3,(H,25,28). The van der Waals surface area contributed by atoms with Crippen molar-refractivity contribution in [3.05, 3.63) is 60.2 Å². The van der Waals surface area contributed by atoms with Crippen LogP contribution in [0.1, 0.15) is 37.0 Å². The minimum atomic E-state index is -0.0825. The molecule has 0 aromatic heterocycles. The normalized spacial score (nSPS) is 14.4. The minimum absolute atomic E-state index is 0.00467. The second kappa shape index (κ2) is 10.7. The van der Waals surface area contributed by atoms with Crippen molar-refractivity contribution in [3.63, 3.8) is 0 Å². The van der Waals surface area contributed by atoms with Gasteiger partial charge in [0.15, 0.2) is 6.61 Å². The van der Waals surface area contributed by atoms with E-state index >= 15 is 0 Å². The predicted molar refractivity (Wildman–Crippen MR) is 116 cm³/mol. The van der Waals surface area contributed by atoms with Crippen molar-refractivity contribution < 1.29 is 19.1 Å². The van der Waals surface area contributed by atoms with Crippen LogP contribution in [0.4, 0.5) is 0 Å². The molecule has 160 valence electrons. The molecular formula is C24H30N2O4. The van der Waals surface area contributed by atoms with Crippen LogP contribution in [-0.4, -0.2) is 49.1 Å². The molecular weight excluding hydrogens is 380 g/mol. The van der Waals surface area contributed by atoms with Gasteiger partial charge in [-0.1, -0.05) is 18.2 Å². The monoisotopic (exact) mass is 410 g/mol. The molecule has 1 aliphatic heterocycles. The quantitative estimate of drug-likeness (QED) is 0.723. The summed E-state index contributed by atoms with van der Waals surface area (Å²) >= 11 is 0. The van der Waals surface area contributed by atoms with E-state index in [9.17, 15) is 9.59 Å². The minimum Gasteiger partial charge on any atom is -0.491 e. The lowest BCUT2D eigenvalue weighted by Gasteiger charge is -2.32. The first-order valence-corrected chi connectivity index (χ1v) is 10.5. The number of nitrogens with zero attached hydrogens (tertiary/aromatic N) is 1. The van der Waals surface area contributed by atoms with Crippen LogP contribution in [0.2, 0.25) is 0 Å². The number of rotatable bonds is 8. The Kier molecular flexibility index (Phi) is 7.71. The van der Waals surface area contributed by atoms with Crippen LogP contribution in [0.5, 0.6) is 11.5 Å². The van der Waals surface area contributed by atoms with Crippen molar-refractivity contribution in [2.45, 2.75) is 32.8 Å². The molecule has 3 rings (SSSR count). The highest BCUT2D eigenvalue weighted by Crippen LogP contribution is 2.18. The Morgan fingerprint density at radius 2 is 1.67 bits per heavy atom. The number of hydrogen-bond acceptors (Lipinski definition) is 4. The molecule has 0 unspecified atom stereocenters. The molecule has 1 aliphatic rings. The zero-order valence-corrected chi connectivity index (χ0v) is 17.7. The average molecular weight is 411 g/mol. The van der Waals surface area contributed by atoms with E-state index in [1.165, 1.54) is 0 Å². The molecule has 1 N–H and O–H groups in total. The maximum atomic E-state index is 12.4. The molecule has 0 saturated carbocycles. The second-order valence-corrected chi connectivity index (χ2v) is 7.83. The van der Waals surface area contributed by atoms with E-state index in [1.807, 2.05) is 61.2 Å². The van der Waals surface area contributed by atoms with Gasteiger partial charge in [0.2, 0.25) is 0 Å². The predicted octanol–water partition coefficient (Wildman–Crippen LogP) is 3.52. The van der Waals surface area contributed by atoms with E-state index in [0.29, 0.717) is 36.9 Å². The van der Waals surface area contributed by atoms with Crippen LogP contribution >= 0.6 is 0 Å². The molecule has 2 aromatic rings. The number of amides is 2. The third-order valence-electron chi connectivity index (χ3n) is 5.11. The number of carbonyl (C=O) groups excluding carboxylic acids is 2. The zero-order chi connectivity index (χ0) is 21.3. The SMILES string of the molecule is CC(C)Oc1ccc(C(=O)NCC2CCN(C(=O)COc3ccccc3)CC2)cc1. The third kappa shape index (κ3) is 6.51. The summed E-state index contributed by atoms with van der Waals surface area (Å²) in [4.78, 5) is 26.6. The molecule has 0 bridgehead atoms. The van der Waals surface area contributed by atoms with Gasteiger partial charge in [-0.05, 0) is 69.0 Å². The first-order chi connectivity index (χ1) is 14.5. The Labute approximate surface area is 178 Å². The maximum absolute atomic E-state index is 12.4. The van der Waals surface area contributed by atoms with Crippen molar-refractivity contribution in [2.24, 2.45) is 5.92 Å². The van der Waals surface area contributed by atoms with Crippen molar-refractivity contribution in [2.75, 3.05) is 26.2 Å². The summed E-state index contributed by atoms with van der Waals surface area (Å²) in [7, 11) is 0. The van der Waals surface area contributed by atoms with Crippen LogP contribution < -0.4 is 14.8 Å². The largest absolute Gasteiger partial charge is 0.491 e. The van der Waals surface area contributed by atoms with Gasteiger partial charge >= 0.3 is 0 Å². The number of likely N-dealkylation sites (tertiary alicyclic amines) is 1. The van der Waals surface area contributed by atoms with Crippen LogP contribution in [0.15, 0.2) is 54.6 Å². The Morgan fingerprint density at radius 3 is 2.30 bits per heavy atom. The van der Waals surface area contributed by atoms with Gasteiger partial charge in [0, 0.05) is 25.2 Å². The smallest absolute Gasteiger partial charge is 0.260 e. The maximum Gasteiger partial charge on any atom is 0.260 e. The van der Waals surface area contributed by atoms with Gasteiger partial charge in [-0.3, -0.25) is 9.59 Å². The molecule has 1 saturated heterocycles. The van der Waals surface area contributed by atoms with E-state index in [1.54, 1.807) is 12.1 Å². The molecule has 30 heavy (non-hydrogen) atoms. The number of ether oxygens (including phenoxy) is 2. The third-order valence-corrected chi connectivity index (χ3v) is 5.11. The second-order valence-electron chi connectivity index (χ2n) is 7.83. The highest BCUT2D eigenvalue weighted by molar-refractivity contribution is 5.94. The van der Waals surface area contributed by atoms with Gasteiger partial charge in [0.05, 0.1) is 6.10 Å². The summed E-state index contributed by atoms with van der Waals surface area (Å²) in [5.74, 6) is 1.75. The number of carbonyl (C=O) groups is 2. The Balaban J connectivity index is 1.37. The lowest BCUT2D eigenvalue weighted by atomic mass is 9.96. The van der Waals surface area contributed by atoms with Gasteiger partial charge in [-0.2, -0.15) is 0 Å². The molecule has 2 aromatic carbocycles. The molecule has 6 nitrogen and oxygen atoms in total. The van der Waals surface area contributed by atoms with Crippen molar-refractivity contribution in [1.29, 1.82) is 0 Å². The Morgan fingerprint density at radius 1 is 1.00 bits per heavy atom. The summed E-state index contributed by atoms with van der Waals surface area (Å²) < 4.78 is 11.2. The van der Waals surface area contributed by atoms with Crippen molar-refractivity contribution in [3.8, 4) is 11.5 Å². The fourth-order valence-electron chi connectivity index (χ4n) is 3.44. The first kappa shape index (κ1) is 21.7. The molecule has 2 amide bonds. The lowest BCUT2D eigenvalue weighted by molar-refractivity contribution is -0.134. The van der Waals surface area contributed by atoms with Gasteiger partial charge in [0.1, 0.15) is 11.5 Å². The van der Waals surface area contributed by atoms with E-state index in [0.717, 1.165) is 18.6 Å². The molecule has 0 spiro atoms. The highest BCUT2D eigenvalue weighted by atomic mass is 16.5. The van der Waals surface area contributed by atoms with E-state index in [-0.39, 0.29) is 24.5 Å². The Hall–Kier alpha value is -3.02. The number of para-hydroxylation sites is 1. The van der Waals surface area contributed by atoms with E-state index in [2.05, 4.69) is 5.32 Å². The number of benzene rings is 2. The number of piperidine rings is 1. The first-order valence-electron chi connectivity index (χ1n) is 10.5. The average Bonchev–Trinajstić information content (AvgIpc) is 2.77. The molecule has 0 aliphatic carbocycles.